The first-order valence-corrected chi connectivity index (χ1v) is 24.1. The fraction of sp³-hybridized carbons (Fsp3) is 0.366. The van der Waals surface area contributed by atoms with Crippen LogP contribution in [0.15, 0.2) is 77.7 Å². The number of hydrogen-bond donors (Lipinski definition) is 1. The normalized spacial score (nSPS) is 14.5. The Morgan fingerprint density at radius 2 is 1.67 bits per heavy atom. The molecule has 0 aliphatic heterocycles. The van der Waals surface area contributed by atoms with Gasteiger partial charge in [0.15, 0.2) is 0 Å². The van der Waals surface area contributed by atoms with Crippen LogP contribution < -0.4 is 11.0 Å². The van der Waals surface area contributed by atoms with Gasteiger partial charge in [0.2, 0.25) is 0 Å². The third-order valence-corrected chi connectivity index (χ3v) is 16.8. The summed E-state index contributed by atoms with van der Waals surface area (Å²) in [7, 11) is -1.52. The maximum absolute atomic E-state index is 14.9. The lowest BCUT2D eigenvalue weighted by Gasteiger charge is -2.36. The first-order valence-electron chi connectivity index (χ1n) is 17.3. The zero-order chi connectivity index (χ0) is 35.5. The van der Waals surface area contributed by atoms with Gasteiger partial charge in [-0.3, -0.25) is 4.79 Å². The number of pyridine rings is 1. The fourth-order valence-electron chi connectivity index (χ4n) is 6.43. The van der Waals surface area contributed by atoms with Gasteiger partial charge < -0.3 is 14.2 Å². The number of aromatic nitrogens is 3. The van der Waals surface area contributed by atoms with Crippen molar-refractivity contribution < 1.29 is 5.11 Å². The molecule has 1 unspecified atom stereocenters. The van der Waals surface area contributed by atoms with E-state index >= 15 is 0 Å². The van der Waals surface area contributed by atoms with Crippen molar-refractivity contribution in [3.8, 4) is 33.8 Å². The maximum atomic E-state index is 14.9. The van der Waals surface area contributed by atoms with Gasteiger partial charge in [0.05, 0.1) is 28.4 Å². The maximum Gasteiger partial charge on any atom is 0.257 e. The molecule has 5 nitrogen and oxygen atoms in total. The molecule has 254 valence electrons. The molecule has 1 atom stereocenters. The highest BCUT2D eigenvalue weighted by molar-refractivity contribution is 6.91. The van der Waals surface area contributed by atoms with Crippen molar-refractivity contribution in [2.24, 2.45) is 13.0 Å². The molecule has 1 N–H and O–H groups in total. The monoisotopic (exact) mass is 705 g/mol. The van der Waals surface area contributed by atoms with Crippen LogP contribution in [0.25, 0.3) is 33.3 Å². The first kappa shape index (κ1) is 35.2. The molecule has 2 heterocycles. The number of aliphatic hydroxyl groups excluding tert-OH is 1. The molecule has 1 fully saturated rings. The topological polar surface area (TPSA) is 60.1 Å². The molecule has 8 heteroatoms. The van der Waals surface area contributed by atoms with E-state index in [4.69, 9.17) is 16.6 Å². The van der Waals surface area contributed by atoms with Crippen molar-refractivity contribution in [3.05, 3.63) is 105 Å². The van der Waals surface area contributed by atoms with Crippen LogP contribution in [0.5, 0.6) is 0 Å². The molecule has 2 aromatic heterocycles. The molecule has 1 saturated carbocycles. The van der Waals surface area contributed by atoms with Crippen LogP contribution >= 0.6 is 11.6 Å². The highest BCUT2D eigenvalue weighted by atomic mass is 35.5. The van der Waals surface area contributed by atoms with Crippen molar-refractivity contribution in [2.45, 2.75) is 84.0 Å². The number of aliphatic hydroxyl groups is 1. The van der Waals surface area contributed by atoms with Crippen LogP contribution in [-0.2, 0) is 13.6 Å². The van der Waals surface area contributed by atoms with Crippen LogP contribution in [0.2, 0.25) is 42.8 Å². The van der Waals surface area contributed by atoms with Gasteiger partial charge in [-0.05, 0) is 65.3 Å². The Labute approximate surface area is 298 Å². The van der Waals surface area contributed by atoms with Gasteiger partial charge in [-0.1, -0.05) is 107 Å². The summed E-state index contributed by atoms with van der Waals surface area (Å²) in [5, 5.41) is 13.9. The molecular weight excluding hydrogens is 658 g/mol. The average molecular weight is 706 g/mol. The minimum Gasteiger partial charge on any atom is -0.383 e. The Bertz CT molecular complexity index is 2170. The summed E-state index contributed by atoms with van der Waals surface area (Å²) < 4.78 is 4.17. The molecule has 5 aromatic rings. The van der Waals surface area contributed by atoms with Gasteiger partial charge in [0.1, 0.15) is 22.3 Å². The average Bonchev–Trinajstić information content (AvgIpc) is 3.78. The molecule has 6 rings (SSSR count). The number of fused-ring (bicyclic) bond motifs is 1. The Hall–Kier alpha value is -3.68. The SMILES string of the molecule is Cn1c(-c2cccc3c2c(-c2cccc(C#C[Si](C)(C)C)c2)c(C(O)c2ccc(Cl)cc2)c(=O)n3CC2CC2)cnc1[Si](C)(C)C(C)(C)C. The number of benzene rings is 3. The summed E-state index contributed by atoms with van der Waals surface area (Å²) in [6.45, 7) is 19.0. The molecule has 0 spiro atoms. The summed E-state index contributed by atoms with van der Waals surface area (Å²) in [4.78, 5) is 20.0. The number of rotatable bonds is 7. The van der Waals surface area contributed by atoms with Crippen LogP contribution in [0.3, 0.4) is 0 Å². The van der Waals surface area contributed by atoms with E-state index in [1.54, 1.807) is 24.3 Å². The smallest absolute Gasteiger partial charge is 0.257 e. The highest BCUT2D eigenvalue weighted by Gasteiger charge is 2.41. The van der Waals surface area contributed by atoms with Crippen molar-refractivity contribution >= 4 is 44.1 Å². The number of hydrogen-bond acceptors (Lipinski definition) is 3. The zero-order valence-electron chi connectivity index (χ0n) is 30.3. The van der Waals surface area contributed by atoms with Gasteiger partial charge in [0.25, 0.3) is 5.56 Å². The van der Waals surface area contributed by atoms with Crippen LogP contribution in [-0.4, -0.2) is 35.4 Å². The molecule has 0 radical (unpaired) electrons. The predicted molar refractivity (Wildman–Crippen MR) is 211 cm³/mol. The largest absolute Gasteiger partial charge is 0.383 e. The molecule has 49 heavy (non-hydrogen) atoms. The van der Waals surface area contributed by atoms with Gasteiger partial charge in [-0.2, -0.15) is 0 Å². The van der Waals surface area contributed by atoms with Crippen molar-refractivity contribution in [1.82, 2.24) is 14.1 Å². The standard InChI is InChI=1S/C41H48ClN3O2Si2/c1-41(2,3)49(8,9)40-43-25-34(44(40)4)32-14-11-15-33-36(32)35(30-13-10-12-27(24-30)22-23-48(5,6)7)37(39(47)45(33)26-28-16-17-28)38(46)29-18-20-31(42)21-19-29/h10-15,18-21,24-25,28,38,46H,16-17,26H2,1-9H3. The number of nitrogens with zero attached hydrogens (tertiary/aromatic N) is 3. The molecular formula is C41H48ClN3O2Si2. The molecule has 1 aliphatic rings. The Kier molecular flexibility index (Phi) is 9.25. The Morgan fingerprint density at radius 1 is 1.00 bits per heavy atom. The van der Waals surface area contributed by atoms with Gasteiger partial charge in [-0.15, -0.1) is 5.54 Å². The van der Waals surface area contributed by atoms with E-state index in [9.17, 15) is 9.90 Å². The second-order valence-electron chi connectivity index (χ2n) is 16.3. The second-order valence-corrected chi connectivity index (χ2v) is 26.7. The van der Waals surface area contributed by atoms with Crippen LogP contribution in [0.1, 0.15) is 56.4 Å². The minimum atomic E-state index is -1.99. The van der Waals surface area contributed by atoms with Crippen molar-refractivity contribution in [1.29, 1.82) is 0 Å². The van der Waals surface area contributed by atoms with Gasteiger partial charge in [-0.25, -0.2) is 4.98 Å². The van der Waals surface area contributed by atoms with E-state index in [0.717, 1.165) is 57.1 Å². The number of halogens is 1. The Morgan fingerprint density at radius 3 is 2.31 bits per heavy atom. The zero-order valence-corrected chi connectivity index (χ0v) is 33.0. The van der Waals surface area contributed by atoms with Gasteiger partial charge in [0, 0.05) is 40.7 Å². The van der Waals surface area contributed by atoms with E-state index in [2.05, 4.69) is 101 Å². The van der Waals surface area contributed by atoms with Crippen molar-refractivity contribution in [2.75, 3.05) is 0 Å². The van der Waals surface area contributed by atoms with E-state index in [-0.39, 0.29) is 10.6 Å². The molecule has 0 saturated heterocycles. The summed E-state index contributed by atoms with van der Waals surface area (Å²) in [5.41, 5.74) is 10.8. The molecule has 3 aromatic carbocycles. The third kappa shape index (κ3) is 6.89. The van der Waals surface area contributed by atoms with Crippen LogP contribution in [0, 0.1) is 17.4 Å². The van der Waals surface area contributed by atoms with E-state index in [1.807, 2.05) is 29.0 Å². The molecule has 0 bridgehead atoms. The Balaban J connectivity index is 1.74. The summed E-state index contributed by atoms with van der Waals surface area (Å²) in [6.07, 6.45) is 3.02. The quantitative estimate of drug-likeness (QED) is 0.136. The predicted octanol–water partition coefficient (Wildman–Crippen LogP) is 9.16. The minimum absolute atomic E-state index is 0.102. The summed E-state index contributed by atoms with van der Waals surface area (Å²) in [6, 6.07) is 21.5. The lowest BCUT2D eigenvalue weighted by Crippen LogP contribution is -2.53. The molecule has 0 amide bonds. The lowest BCUT2D eigenvalue weighted by molar-refractivity contribution is 0.218. The van der Waals surface area contributed by atoms with Crippen molar-refractivity contribution in [3.63, 3.8) is 0 Å². The third-order valence-electron chi connectivity index (χ3n) is 10.4. The summed E-state index contributed by atoms with van der Waals surface area (Å²) >= 11 is 6.27. The van der Waals surface area contributed by atoms with E-state index in [1.165, 1.54) is 0 Å². The molecule has 1 aliphatic carbocycles. The second kappa shape index (κ2) is 12.9. The van der Waals surface area contributed by atoms with E-state index in [0.29, 0.717) is 28.6 Å². The highest BCUT2D eigenvalue weighted by Crippen LogP contribution is 2.42. The lowest BCUT2D eigenvalue weighted by atomic mass is 9.87. The fourth-order valence-corrected chi connectivity index (χ4v) is 9.09. The summed E-state index contributed by atoms with van der Waals surface area (Å²) in [5.74, 6) is 3.86. The van der Waals surface area contributed by atoms with Gasteiger partial charge >= 0.3 is 0 Å². The van der Waals surface area contributed by atoms with Crippen LogP contribution in [0.4, 0.5) is 0 Å². The number of imidazole rings is 1. The first-order chi connectivity index (χ1) is 23.0. The van der Waals surface area contributed by atoms with E-state index < -0.39 is 22.3 Å².